The first-order chi connectivity index (χ1) is 14.7. The van der Waals surface area contributed by atoms with Crippen LogP contribution in [0.3, 0.4) is 0 Å². The smallest absolute Gasteiger partial charge is 0.250 e. The molecule has 3 aliphatic heterocycles. The van der Waals surface area contributed by atoms with E-state index in [1.165, 1.54) is 38.5 Å². The van der Waals surface area contributed by atoms with E-state index >= 15 is 0 Å². The molecule has 3 unspecified atom stereocenters. The van der Waals surface area contributed by atoms with Crippen molar-refractivity contribution < 1.29 is 9.59 Å². The molecule has 2 amide bonds. The molecule has 0 radical (unpaired) electrons. The molecular weight excluding hydrogens is 392 g/mol. The van der Waals surface area contributed by atoms with Gasteiger partial charge in [0, 0.05) is 42.9 Å². The van der Waals surface area contributed by atoms with Gasteiger partial charge in [-0.15, -0.1) is 18.3 Å². The summed E-state index contributed by atoms with van der Waals surface area (Å²) in [6.07, 6.45) is 15.1. The summed E-state index contributed by atoms with van der Waals surface area (Å²) < 4.78 is 0. The van der Waals surface area contributed by atoms with Crippen LogP contribution in [0.2, 0.25) is 0 Å². The molecule has 0 bridgehead atoms. The van der Waals surface area contributed by atoms with Crippen molar-refractivity contribution in [2.24, 2.45) is 11.8 Å². The molecule has 30 heavy (non-hydrogen) atoms. The number of amides is 2. The van der Waals surface area contributed by atoms with Crippen LogP contribution in [0.15, 0.2) is 23.6 Å². The lowest BCUT2D eigenvalue weighted by Crippen LogP contribution is -2.50. The van der Waals surface area contributed by atoms with Crippen molar-refractivity contribution in [3.8, 4) is 0 Å². The summed E-state index contributed by atoms with van der Waals surface area (Å²) in [4.78, 5) is 29.8. The molecule has 0 aromatic carbocycles. The highest BCUT2D eigenvalue weighted by molar-refractivity contribution is 8.02. The van der Waals surface area contributed by atoms with Crippen molar-refractivity contribution >= 4 is 23.6 Å². The number of carbonyl (C=O) groups excluding carboxylic acids is 2. The maximum Gasteiger partial charge on any atom is 0.250 e. The van der Waals surface area contributed by atoms with Crippen molar-refractivity contribution in [3.05, 3.63) is 23.6 Å². The number of hydrogen-bond donors (Lipinski definition) is 0. The van der Waals surface area contributed by atoms with E-state index in [2.05, 4.69) is 16.9 Å². The number of piperidine rings is 2. The van der Waals surface area contributed by atoms with E-state index in [4.69, 9.17) is 0 Å². The van der Waals surface area contributed by atoms with Crippen molar-refractivity contribution in [1.82, 2.24) is 9.80 Å². The first kappa shape index (κ1) is 22.0. The average molecular weight is 431 g/mol. The van der Waals surface area contributed by atoms with Gasteiger partial charge in [0.25, 0.3) is 5.91 Å². The summed E-state index contributed by atoms with van der Waals surface area (Å²) >= 11 is 1.90. The Morgan fingerprint density at radius 1 is 1.00 bits per heavy atom. The van der Waals surface area contributed by atoms with Crippen LogP contribution in [0, 0.1) is 11.8 Å². The number of allylic oxidation sites excluding steroid dienone is 1. The standard InChI is InChI=1S/C25H38N2O2S/c1-2-3-10-24(28)26-16-13-20(14-17-26)23-12-11-21(18-30-23)25(29)27-15-6-8-19-7-4-5-9-22(19)27/h2,18-20,22-23H,1,3-17H2. The van der Waals surface area contributed by atoms with Crippen LogP contribution in [-0.4, -0.2) is 52.5 Å². The fourth-order valence-corrected chi connectivity index (χ4v) is 7.37. The van der Waals surface area contributed by atoms with Crippen LogP contribution < -0.4 is 0 Å². The minimum atomic E-state index is 0.278. The number of hydrogen-bond acceptors (Lipinski definition) is 3. The van der Waals surface area contributed by atoms with Gasteiger partial charge >= 0.3 is 0 Å². The predicted octanol–water partition coefficient (Wildman–Crippen LogP) is 5.15. The van der Waals surface area contributed by atoms with Gasteiger partial charge in [0.05, 0.1) is 0 Å². The molecule has 3 fully saturated rings. The van der Waals surface area contributed by atoms with E-state index < -0.39 is 0 Å². The summed E-state index contributed by atoms with van der Waals surface area (Å²) in [6, 6.07) is 0.506. The van der Waals surface area contributed by atoms with Crippen LogP contribution in [0.1, 0.15) is 77.0 Å². The number of rotatable bonds is 5. The number of fused-ring (bicyclic) bond motifs is 1. The number of carbonyl (C=O) groups is 2. The maximum absolute atomic E-state index is 13.3. The van der Waals surface area contributed by atoms with E-state index in [0.29, 0.717) is 29.5 Å². The third-order valence-corrected chi connectivity index (χ3v) is 9.23. The van der Waals surface area contributed by atoms with Gasteiger partial charge < -0.3 is 9.80 Å². The van der Waals surface area contributed by atoms with Gasteiger partial charge in [-0.1, -0.05) is 18.9 Å². The van der Waals surface area contributed by atoms with E-state index in [1.54, 1.807) is 0 Å². The maximum atomic E-state index is 13.3. The Kier molecular flexibility index (Phi) is 7.61. The summed E-state index contributed by atoms with van der Waals surface area (Å²) in [5.74, 6) is 2.03. The molecule has 1 aliphatic carbocycles. The quantitative estimate of drug-likeness (QED) is 0.566. The van der Waals surface area contributed by atoms with Crippen LogP contribution in [0.25, 0.3) is 0 Å². The molecular formula is C25H38N2O2S. The molecule has 0 spiro atoms. The molecule has 4 rings (SSSR count). The van der Waals surface area contributed by atoms with Gasteiger partial charge in [-0.25, -0.2) is 0 Å². The third kappa shape index (κ3) is 4.98. The topological polar surface area (TPSA) is 40.6 Å². The zero-order valence-electron chi connectivity index (χ0n) is 18.4. The van der Waals surface area contributed by atoms with Gasteiger partial charge in [0.1, 0.15) is 0 Å². The summed E-state index contributed by atoms with van der Waals surface area (Å²) in [6.45, 7) is 6.46. The fraction of sp³-hybridized carbons (Fsp3) is 0.760. The minimum Gasteiger partial charge on any atom is -0.343 e. The first-order valence-electron chi connectivity index (χ1n) is 12.2. The fourth-order valence-electron chi connectivity index (χ4n) is 6.06. The molecule has 0 aromatic heterocycles. The molecule has 166 valence electrons. The largest absolute Gasteiger partial charge is 0.343 e. The van der Waals surface area contributed by atoms with Crippen LogP contribution >= 0.6 is 11.8 Å². The van der Waals surface area contributed by atoms with Gasteiger partial charge in [-0.05, 0) is 75.0 Å². The Hall–Kier alpha value is -1.23. The van der Waals surface area contributed by atoms with Crippen LogP contribution in [0.5, 0.6) is 0 Å². The second-order valence-corrected chi connectivity index (χ2v) is 10.8. The van der Waals surface area contributed by atoms with Crippen LogP contribution in [0.4, 0.5) is 0 Å². The summed E-state index contributed by atoms with van der Waals surface area (Å²) in [5.41, 5.74) is 1.06. The Balaban J connectivity index is 1.28. The van der Waals surface area contributed by atoms with Crippen molar-refractivity contribution in [2.45, 2.75) is 88.3 Å². The molecule has 1 saturated carbocycles. The first-order valence-corrected chi connectivity index (χ1v) is 13.2. The highest BCUT2D eigenvalue weighted by Gasteiger charge is 2.37. The highest BCUT2D eigenvalue weighted by atomic mass is 32.2. The Labute approximate surface area is 186 Å². The molecule has 0 aromatic rings. The Morgan fingerprint density at radius 2 is 1.77 bits per heavy atom. The van der Waals surface area contributed by atoms with Crippen LogP contribution in [-0.2, 0) is 9.59 Å². The van der Waals surface area contributed by atoms with Crippen molar-refractivity contribution in [3.63, 3.8) is 0 Å². The zero-order chi connectivity index (χ0) is 20.9. The minimum absolute atomic E-state index is 0.278. The highest BCUT2D eigenvalue weighted by Crippen LogP contribution is 2.40. The van der Waals surface area contributed by atoms with Crippen molar-refractivity contribution in [1.29, 1.82) is 0 Å². The molecule has 0 N–H and O–H groups in total. The molecule has 3 atom stereocenters. The number of nitrogens with zero attached hydrogens (tertiary/aromatic N) is 2. The monoisotopic (exact) mass is 430 g/mol. The van der Waals surface area contributed by atoms with E-state index in [1.807, 2.05) is 22.7 Å². The van der Waals surface area contributed by atoms with Gasteiger partial charge in [0.2, 0.25) is 5.91 Å². The molecule has 3 heterocycles. The number of thioether (sulfide) groups is 1. The average Bonchev–Trinajstić information content (AvgIpc) is 2.82. The van der Waals surface area contributed by atoms with Gasteiger partial charge in [0.15, 0.2) is 0 Å². The summed E-state index contributed by atoms with van der Waals surface area (Å²) in [5, 5.41) is 2.81. The van der Waals surface area contributed by atoms with E-state index in [-0.39, 0.29) is 5.91 Å². The SMILES string of the molecule is C=CCCC(=O)N1CCC(C2CCC(C(=O)N3CCCC4CCCCC43)=CS2)CC1. The van der Waals surface area contributed by atoms with Crippen molar-refractivity contribution in [2.75, 3.05) is 19.6 Å². The number of likely N-dealkylation sites (tertiary alicyclic amines) is 2. The normalized spacial score (nSPS) is 30.4. The van der Waals surface area contributed by atoms with E-state index in [0.717, 1.165) is 63.2 Å². The predicted molar refractivity (Wildman–Crippen MR) is 124 cm³/mol. The molecule has 2 saturated heterocycles. The second kappa shape index (κ2) is 10.4. The third-order valence-electron chi connectivity index (χ3n) is 7.84. The lowest BCUT2D eigenvalue weighted by Gasteiger charge is -2.45. The second-order valence-electron chi connectivity index (χ2n) is 9.65. The summed E-state index contributed by atoms with van der Waals surface area (Å²) in [7, 11) is 0. The molecule has 4 nitrogen and oxygen atoms in total. The van der Waals surface area contributed by atoms with Gasteiger partial charge in [-0.3, -0.25) is 9.59 Å². The molecule has 4 aliphatic rings. The lowest BCUT2D eigenvalue weighted by molar-refractivity contribution is -0.134. The van der Waals surface area contributed by atoms with Gasteiger partial charge in [-0.2, -0.15) is 0 Å². The zero-order valence-corrected chi connectivity index (χ0v) is 19.2. The Morgan fingerprint density at radius 3 is 2.50 bits per heavy atom. The Bertz CT molecular complexity index is 666. The van der Waals surface area contributed by atoms with E-state index in [9.17, 15) is 9.59 Å². The lowest BCUT2D eigenvalue weighted by atomic mass is 9.78. The molecule has 5 heteroatoms.